The van der Waals surface area contributed by atoms with E-state index in [1.54, 1.807) is 7.11 Å². The maximum Gasteiger partial charge on any atom is 0.224 e. The molecule has 2 rings (SSSR count). The van der Waals surface area contributed by atoms with Gasteiger partial charge in [0.1, 0.15) is 5.75 Å². The molecule has 1 heterocycles. The first-order valence-corrected chi connectivity index (χ1v) is 6.82. The van der Waals surface area contributed by atoms with Crippen molar-refractivity contribution in [3.8, 4) is 5.75 Å². The van der Waals surface area contributed by atoms with Gasteiger partial charge in [0.05, 0.1) is 13.0 Å². The van der Waals surface area contributed by atoms with Crippen LogP contribution in [-0.4, -0.2) is 32.7 Å². The fourth-order valence-electron chi connectivity index (χ4n) is 2.37. The predicted molar refractivity (Wildman–Crippen MR) is 75.4 cm³/mol. The van der Waals surface area contributed by atoms with Crippen molar-refractivity contribution < 1.29 is 9.53 Å². The SMILES string of the molecule is COc1cc(CCNC(=O)C2CCNC2)ccc1C. The number of rotatable bonds is 5. The fourth-order valence-corrected chi connectivity index (χ4v) is 2.37. The fraction of sp³-hybridized carbons (Fsp3) is 0.533. The Balaban J connectivity index is 1.80. The molecule has 1 aromatic rings. The van der Waals surface area contributed by atoms with Crippen molar-refractivity contribution in [2.45, 2.75) is 19.8 Å². The third-order valence-corrected chi connectivity index (χ3v) is 3.62. The topological polar surface area (TPSA) is 50.4 Å². The van der Waals surface area contributed by atoms with Crippen LogP contribution in [0.3, 0.4) is 0 Å². The molecule has 0 aliphatic carbocycles. The molecule has 1 saturated heterocycles. The van der Waals surface area contributed by atoms with Gasteiger partial charge in [-0.1, -0.05) is 12.1 Å². The number of hydrogen-bond donors (Lipinski definition) is 2. The van der Waals surface area contributed by atoms with Gasteiger partial charge >= 0.3 is 0 Å². The summed E-state index contributed by atoms with van der Waals surface area (Å²) < 4.78 is 5.30. The van der Waals surface area contributed by atoms with Crippen LogP contribution in [0.1, 0.15) is 17.5 Å². The Hall–Kier alpha value is -1.55. The average molecular weight is 262 g/mol. The Bertz CT molecular complexity index is 440. The maximum atomic E-state index is 11.8. The summed E-state index contributed by atoms with van der Waals surface area (Å²) in [4.78, 5) is 11.8. The molecule has 1 aromatic carbocycles. The Labute approximate surface area is 114 Å². The lowest BCUT2D eigenvalue weighted by Gasteiger charge is -2.11. The molecule has 0 spiro atoms. The number of hydrogen-bond acceptors (Lipinski definition) is 3. The monoisotopic (exact) mass is 262 g/mol. The highest BCUT2D eigenvalue weighted by Gasteiger charge is 2.21. The highest BCUT2D eigenvalue weighted by atomic mass is 16.5. The molecule has 1 atom stereocenters. The summed E-state index contributed by atoms with van der Waals surface area (Å²) in [6.07, 6.45) is 1.78. The number of carbonyl (C=O) groups is 1. The summed E-state index contributed by atoms with van der Waals surface area (Å²) in [7, 11) is 1.68. The molecule has 0 bridgehead atoms. The predicted octanol–water partition coefficient (Wildman–Crippen LogP) is 1.27. The summed E-state index contributed by atoms with van der Waals surface area (Å²) in [5.41, 5.74) is 2.32. The van der Waals surface area contributed by atoms with Crippen LogP contribution in [0.5, 0.6) is 5.75 Å². The molecule has 0 radical (unpaired) electrons. The molecule has 1 aliphatic rings. The van der Waals surface area contributed by atoms with E-state index in [-0.39, 0.29) is 11.8 Å². The van der Waals surface area contributed by atoms with E-state index in [0.29, 0.717) is 6.54 Å². The molecule has 0 aromatic heterocycles. The van der Waals surface area contributed by atoms with Gasteiger partial charge in [0.25, 0.3) is 0 Å². The van der Waals surface area contributed by atoms with Gasteiger partial charge in [-0.2, -0.15) is 0 Å². The molecule has 4 heteroatoms. The number of aryl methyl sites for hydroxylation is 1. The molecule has 1 aliphatic heterocycles. The summed E-state index contributed by atoms with van der Waals surface area (Å²) in [5.74, 6) is 1.22. The zero-order valence-electron chi connectivity index (χ0n) is 11.7. The molecular weight excluding hydrogens is 240 g/mol. The second-order valence-electron chi connectivity index (χ2n) is 5.03. The lowest BCUT2D eigenvalue weighted by Crippen LogP contribution is -2.33. The minimum atomic E-state index is 0.146. The maximum absolute atomic E-state index is 11.8. The molecule has 1 fully saturated rings. The third kappa shape index (κ3) is 3.70. The normalized spacial score (nSPS) is 18.3. The first-order chi connectivity index (χ1) is 9.20. The largest absolute Gasteiger partial charge is 0.496 e. The Morgan fingerprint density at radius 3 is 3.05 bits per heavy atom. The lowest BCUT2D eigenvalue weighted by atomic mass is 10.1. The quantitative estimate of drug-likeness (QED) is 0.840. The van der Waals surface area contributed by atoms with E-state index in [4.69, 9.17) is 4.74 Å². The number of ether oxygens (including phenoxy) is 1. The van der Waals surface area contributed by atoms with Gasteiger partial charge in [0, 0.05) is 13.1 Å². The molecule has 1 amide bonds. The van der Waals surface area contributed by atoms with Gasteiger partial charge in [-0.05, 0) is 43.5 Å². The first-order valence-electron chi connectivity index (χ1n) is 6.82. The number of carbonyl (C=O) groups excluding carboxylic acids is 1. The summed E-state index contributed by atoms with van der Waals surface area (Å²) in [6.45, 7) is 4.47. The second-order valence-corrected chi connectivity index (χ2v) is 5.03. The molecule has 19 heavy (non-hydrogen) atoms. The Morgan fingerprint density at radius 2 is 2.37 bits per heavy atom. The van der Waals surface area contributed by atoms with Crippen molar-refractivity contribution in [3.63, 3.8) is 0 Å². The third-order valence-electron chi connectivity index (χ3n) is 3.62. The number of nitrogens with one attached hydrogen (secondary N) is 2. The van der Waals surface area contributed by atoms with E-state index >= 15 is 0 Å². The van der Waals surface area contributed by atoms with Crippen molar-refractivity contribution in [1.82, 2.24) is 10.6 Å². The molecule has 1 unspecified atom stereocenters. The highest BCUT2D eigenvalue weighted by Crippen LogP contribution is 2.19. The van der Waals surface area contributed by atoms with Crippen molar-refractivity contribution in [1.29, 1.82) is 0 Å². The average Bonchev–Trinajstić information content (AvgIpc) is 2.94. The molecule has 4 nitrogen and oxygen atoms in total. The smallest absolute Gasteiger partial charge is 0.224 e. The van der Waals surface area contributed by atoms with Crippen LogP contribution in [0, 0.1) is 12.8 Å². The van der Waals surface area contributed by atoms with E-state index in [9.17, 15) is 4.79 Å². The van der Waals surface area contributed by atoms with Crippen molar-refractivity contribution in [2.75, 3.05) is 26.7 Å². The van der Waals surface area contributed by atoms with Crippen LogP contribution in [0.2, 0.25) is 0 Å². The minimum Gasteiger partial charge on any atom is -0.496 e. The van der Waals surface area contributed by atoms with Crippen LogP contribution in [0.15, 0.2) is 18.2 Å². The van der Waals surface area contributed by atoms with Crippen molar-refractivity contribution in [2.24, 2.45) is 5.92 Å². The van der Waals surface area contributed by atoms with Crippen LogP contribution in [0.4, 0.5) is 0 Å². The number of amides is 1. The van der Waals surface area contributed by atoms with Gasteiger partial charge in [-0.25, -0.2) is 0 Å². The number of methoxy groups -OCH3 is 1. The van der Waals surface area contributed by atoms with Gasteiger partial charge in [0.15, 0.2) is 0 Å². The van der Waals surface area contributed by atoms with Crippen molar-refractivity contribution >= 4 is 5.91 Å². The van der Waals surface area contributed by atoms with E-state index < -0.39 is 0 Å². The molecule has 2 N–H and O–H groups in total. The van der Waals surface area contributed by atoms with E-state index in [1.807, 2.05) is 13.0 Å². The van der Waals surface area contributed by atoms with Gasteiger partial charge in [0.2, 0.25) is 5.91 Å². The van der Waals surface area contributed by atoms with Crippen LogP contribution in [0.25, 0.3) is 0 Å². The highest BCUT2D eigenvalue weighted by molar-refractivity contribution is 5.79. The Kier molecular flexibility index (Phi) is 4.80. The molecule has 0 saturated carbocycles. The lowest BCUT2D eigenvalue weighted by molar-refractivity contribution is -0.124. The van der Waals surface area contributed by atoms with Crippen LogP contribution < -0.4 is 15.4 Å². The minimum absolute atomic E-state index is 0.146. The van der Waals surface area contributed by atoms with E-state index in [2.05, 4.69) is 22.8 Å². The zero-order valence-corrected chi connectivity index (χ0v) is 11.7. The van der Waals surface area contributed by atoms with Crippen LogP contribution in [-0.2, 0) is 11.2 Å². The molecular formula is C15H22N2O2. The van der Waals surface area contributed by atoms with Crippen LogP contribution >= 0.6 is 0 Å². The summed E-state index contributed by atoms with van der Waals surface area (Å²) >= 11 is 0. The summed E-state index contributed by atoms with van der Waals surface area (Å²) in [5, 5.41) is 6.21. The first kappa shape index (κ1) is 13.9. The molecule has 104 valence electrons. The van der Waals surface area contributed by atoms with E-state index in [0.717, 1.165) is 37.2 Å². The second kappa shape index (κ2) is 6.57. The van der Waals surface area contributed by atoms with Gasteiger partial charge in [-0.3, -0.25) is 4.79 Å². The Morgan fingerprint density at radius 1 is 1.53 bits per heavy atom. The zero-order chi connectivity index (χ0) is 13.7. The van der Waals surface area contributed by atoms with E-state index in [1.165, 1.54) is 5.56 Å². The number of benzene rings is 1. The standard InChI is InChI=1S/C15H22N2O2/c1-11-3-4-12(9-14(11)19-2)5-8-17-15(18)13-6-7-16-10-13/h3-4,9,13,16H,5-8,10H2,1-2H3,(H,17,18). The van der Waals surface area contributed by atoms with Crippen molar-refractivity contribution in [3.05, 3.63) is 29.3 Å². The van der Waals surface area contributed by atoms with Gasteiger partial charge < -0.3 is 15.4 Å². The summed E-state index contributed by atoms with van der Waals surface area (Å²) in [6, 6.07) is 6.18. The van der Waals surface area contributed by atoms with Gasteiger partial charge in [-0.15, -0.1) is 0 Å².